The average Bonchev–Trinajstić information content (AvgIpc) is 2.50. The number of methoxy groups -OCH3 is 1. The molecule has 2 aromatic rings. The Hall–Kier alpha value is -1.81. The Morgan fingerprint density at radius 3 is 2.38 bits per heavy atom. The summed E-state index contributed by atoms with van der Waals surface area (Å²) in [7, 11) is 1.38. The molecule has 2 rings (SSSR count). The van der Waals surface area contributed by atoms with Gasteiger partial charge < -0.3 is 9.47 Å². The maximum Gasteiger partial charge on any atom is 0.338 e. The average molecular weight is 349 g/mol. The Morgan fingerprint density at radius 1 is 1.14 bits per heavy atom. The summed E-state index contributed by atoms with van der Waals surface area (Å²) in [6.07, 6.45) is 0. The lowest BCUT2D eigenvalue weighted by Crippen LogP contribution is -2.07. The summed E-state index contributed by atoms with van der Waals surface area (Å²) in [6, 6.07) is 11.2. The van der Waals surface area contributed by atoms with Crippen LogP contribution in [0.25, 0.3) is 0 Å². The van der Waals surface area contributed by atoms with Gasteiger partial charge in [-0.2, -0.15) is 0 Å². The van der Waals surface area contributed by atoms with E-state index < -0.39 is 0 Å². The molecule has 0 radical (unpaired) electrons. The van der Waals surface area contributed by atoms with Crippen molar-refractivity contribution < 1.29 is 14.3 Å². The Labute approximate surface area is 133 Å². The lowest BCUT2D eigenvalue weighted by Gasteiger charge is -2.12. The summed E-state index contributed by atoms with van der Waals surface area (Å²) in [4.78, 5) is 11.7. The van der Waals surface area contributed by atoms with Gasteiger partial charge in [0.2, 0.25) is 0 Å². The molecule has 21 heavy (non-hydrogen) atoms. The molecule has 0 aliphatic heterocycles. The van der Waals surface area contributed by atoms with Gasteiger partial charge in [-0.05, 0) is 43.2 Å². The van der Waals surface area contributed by atoms with Crippen molar-refractivity contribution in [3.8, 4) is 5.75 Å². The zero-order valence-corrected chi connectivity index (χ0v) is 13.9. The summed E-state index contributed by atoms with van der Waals surface area (Å²) < 4.78 is 11.7. The quantitative estimate of drug-likeness (QED) is 0.766. The largest absolute Gasteiger partial charge is 0.489 e. The molecule has 0 heterocycles. The van der Waals surface area contributed by atoms with Crippen LogP contribution in [0.5, 0.6) is 5.75 Å². The van der Waals surface area contributed by atoms with Crippen molar-refractivity contribution in [3.63, 3.8) is 0 Å². The zero-order valence-electron chi connectivity index (χ0n) is 12.3. The van der Waals surface area contributed by atoms with Gasteiger partial charge in [-0.15, -0.1) is 0 Å². The third-order valence-electron chi connectivity index (χ3n) is 3.23. The molecule has 0 bridgehead atoms. The van der Waals surface area contributed by atoms with E-state index in [1.165, 1.54) is 7.11 Å². The van der Waals surface area contributed by atoms with E-state index in [2.05, 4.69) is 15.9 Å². The first kappa shape index (κ1) is 15.6. The summed E-state index contributed by atoms with van der Waals surface area (Å²) in [5.74, 6) is 0.435. The first-order valence-electron chi connectivity index (χ1n) is 6.58. The second-order valence-electron chi connectivity index (χ2n) is 4.81. The lowest BCUT2D eigenvalue weighted by molar-refractivity contribution is 0.0597. The number of halogens is 1. The Kier molecular flexibility index (Phi) is 5.02. The van der Waals surface area contributed by atoms with Gasteiger partial charge in [-0.3, -0.25) is 0 Å². The van der Waals surface area contributed by atoms with Gasteiger partial charge in [0, 0.05) is 10.0 Å². The van der Waals surface area contributed by atoms with Crippen molar-refractivity contribution in [1.29, 1.82) is 0 Å². The van der Waals surface area contributed by atoms with E-state index in [1.54, 1.807) is 6.07 Å². The highest BCUT2D eigenvalue weighted by molar-refractivity contribution is 9.10. The fourth-order valence-electron chi connectivity index (χ4n) is 2.11. The molecule has 0 aliphatic rings. The first-order chi connectivity index (χ1) is 10.0. The topological polar surface area (TPSA) is 35.5 Å². The van der Waals surface area contributed by atoms with E-state index in [1.807, 2.05) is 44.2 Å². The maximum atomic E-state index is 11.7. The van der Waals surface area contributed by atoms with Crippen molar-refractivity contribution >= 4 is 21.9 Å². The van der Waals surface area contributed by atoms with Crippen LogP contribution >= 0.6 is 15.9 Å². The molecule has 0 unspecified atom stereocenters. The number of hydrogen-bond acceptors (Lipinski definition) is 3. The number of carbonyl (C=O) groups is 1. The molecule has 0 aromatic heterocycles. The Balaban J connectivity index is 2.19. The van der Waals surface area contributed by atoms with Crippen molar-refractivity contribution in [2.24, 2.45) is 0 Å². The van der Waals surface area contributed by atoms with Gasteiger partial charge >= 0.3 is 5.97 Å². The van der Waals surface area contributed by atoms with Crippen molar-refractivity contribution in [1.82, 2.24) is 0 Å². The Morgan fingerprint density at radius 2 is 1.76 bits per heavy atom. The number of benzene rings is 2. The van der Waals surface area contributed by atoms with Crippen molar-refractivity contribution in [3.05, 3.63) is 63.1 Å². The van der Waals surface area contributed by atoms with E-state index in [4.69, 9.17) is 9.47 Å². The maximum absolute atomic E-state index is 11.7. The SMILES string of the molecule is COC(=O)c1ccccc1COc1cc(C)c(Br)c(C)c1. The van der Waals surface area contributed by atoms with Crippen LogP contribution in [-0.4, -0.2) is 13.1 Å². The fraction of sp³-hybridized carbons (Fsp3) is 0.235. The molecule has 110 valence electrons. The summed E-state index contributed by atoms with van der Waals surface area (Å²) >= 11 is 3.53. The van der Waals surface area contributed by atoms with E-state index >= 15 is 0 Å². The van der Waals surface area contributed by atoms with Gasteiger partial charge in [0.1, 0.15) is 12.4 Å². The van der Waals surface area contributed by atoms with Gasteiger partial charge in [-0.25, -0.2) is 4.79 Å². The standard InChI is InChI=1S/C17H17BrO3/c1-11-8-14(9-12(2)16(11)18)21-10-13-6-4-5-7-15(13)17(19)20-3/h4-9H,10H2,1-3H3. The van der Waals surface area contributed by atoms with E-state index in [0.717, 1.165) is 26.9 Å². The lowest BCUT2D eigenvalue weighted by atomic mass is 10.1. The molecule has 0 saturated carbocycles. The number of ether oxygens (including phenoxy) is 2. The van der Waals surface area contributed by atoms with Crippen LogP contribution in [0.3, 0.4) is 0 Å². The third kappa shape index (κ3) is 3.64. The van der Waals surface area contributed by atoms with Gasteiger partial charge in [-0.1, -0.05) is 34.1 Å². The van der Waals surface area contributed by atoms with Crippen molar-refractivity contribution in [2.45, 2.75) is 20.5 Å². The van der Waals surface area contributed by atoms with Crippen LogP contribution in [0.4, 0.5) is 0 Å². The zero-order chi connectivity index (χ0) is 15.4. The number of hydrogen-bond donors (Lipinski definition) is 0. The minimum absolute atomic E-state index is 0.325. The van der Waals surface area contributed by atoms with Crippen LogP contribution in [-0.2, 0) is 11.3 Å². The number of rotatable bonds is 4. The van der Waals surface area contributed by atoms with Crippen LogP contribution in [0, 0.1) is 13.8 Å². The number of esters is 1. The molecule has 0 fully saturated rings. The van der Waals surface area contributed by atoms with Gasteiger partial charge in [0.15, 0.2) is 0 Å². The van der Waals surface area contributed by atoms with Crippen LogP contribution in [0.15, 0.2) is 40.9 Å². The normalized spacial score (nSPS) is 10.3. The molecular weight excluding hydrogens is 332 g/mol. The monoisotopic (exact) mass is 348 g/mol. The highest BCUT2D eigenvalue weighted by Gasteiger charge is 2.11. The highest BCUT2D eigenvalue weighted by atomic mass is 79.9. The molecule has 0 aliphatic carbocycles. The van der Waals surface area contributed by atoms with Crippen LogP contribution in [0.1, 0.15) is 27.0 Å². The molecule has 3 nitrogen and oxygen atoms in total. The summed E-state index contributed by atoms with van der Waals surface area (Å²) in [5, 5.41) is 0. The predicted octanol–water partition coefficient (Wildman–Crippen LogP) is 4.43. The van der Waals surface area contributed by atoms with Crippen LogP contribution < -0.4 is 4.74 Å². The molecule has 0 saturated heterocycles. The number of carbonyl (C=O) groups excluding carboxylic acids is 1. The van der Waals surface area contributed by atoms with Crippen molar-refractivity contribution in [2.75, 3.05) is 7.11 Å². The Bertz CT molecular complexity index is 642. The molecule has 0 amide bonds. The number of aryl methyl sites for hydroxylation is 2. The smallest absolute Gasteiger partial charge is 0.338 e. The van der Waals surface area contributed by atoms with Gasteiger partial charge in [0.25, 0.3) is 0 Å². The fourth-order valence-corrected chi connectivity index (χ4v) is 2.33. The second-order valence-corrected chi connectivity index (χ2v) is 5.60. The van der Waals surface area contributed by atoms with E-state index in [9.17, 15) is 4.79 Å². The first-order valence-corrected chi connectivity index (χ1v) is 7.38. The predicted molar refractivity (Wildman–Crippen MR) is 85.7 cm³/mol. The molecule has 4 heteroatoms. The molecular formula is C17H17BrO3. The summed E-state index contributed by atoms with van der Waals surface area (Å²) in [6.45, 7) is 4.37. The third-order valence-corrected chi connectivity index (χ3v) is 4.48. The van der Waals surface area contributed by atoms with E-state index in [0.29, 0.717) is 12.2 Å². The van der Waals surface area contributed by atoms with E-state index in [-0.39, 0.29) is 5.97 Å². The minimum atomic E-state index is -0.350. The molecule has 0 atom stereocenters. The molecule has 0 N–H and O–H groups in total. The minimum Gasteiger partial charge on any atom is -0.489 e. The highest BCUT2D eigenvalue weighted by Crippen LogP contribution is 2.27. The molecule has 2 aromatic carbocycles. The summed E-state index contributed by atoms with van der Waals surface area (Å²) in [5.41, 5.74) is 3.57. The molecule has 0 spiro atoms. The second kappa shape index (κ2) is 6.76. The van der Waals surface area contributed by atoms with Gasteiger partial charge in [0.05, 0.1) is 12.7 Å². The van der Waals surface area contributed by atoms with Crippen LogP contribution in [0.2, 0.25) is 0 Å².